The Morgan fingerprint density at radius 2 is 1.82 bits per heavy atom. The van der Waals surface area contributed by atoms with Gasteiger partial charge in [0.25, 0.3) is 11.6 Å². The maximum Gasteiger partial charge on any atom is 0.340 e. The van der Waals surface area contributed by atoms with Crippen molar-refractivity contribution in [2.45, 2.75) is 24.7 Å². The predicted molar refractivity (Wildman–Crippen MR) is 126 cm³/mol. The fourth-order valence-electron chi connectivity index (χ4n) is 3.54. The van der Waals surface area contributed by atoms with E-state index < -0.39 is 33.4 Å². The molecule has 2 aromatic rings. The number of nitrogens with zero attached hydrogens (tertiary/aromatic N) is 3. The van der Waals surface area contributed by atoms with Crippen molar-refractivity contribution in [2.24, 2.45) is 0 Å². The molecule has 0 aromatic heterocycles. The van der Waals surface area contributed by atoms with Gasteiger partial charge in [0.2, 0.25) is 10.0 Å². The number of esters is 1. The molecule has 1 N–H and O–H groups in total. The average Bonchev–Trinajstić information content (AvgIpc) is 3.33. The highest BCUT2D eigenvalue weighted by atomic mass is 32.2. The normalized spacial score (nSPS) is 13.7. The zero-order valence-electron chi connectivity index (χ0n) is 19.1. The van der Waals surface area contributed by atoms with E-state index >= 15 is 0 Å². The lowest BCUT2D eigenvalue weighted by molar-refractivity contribution is -0.384. The fourth-order valence-corrected chi connectivity index (χ4v) is 4.47. The van der Waals surface area contributed by atoms with Gasteiger partial charge in [-0.25, -0.2) is 17.5 Å². The number of carbonyl (C=O) groups is 2. The quantitative estimate of drug-likeness (QED) is 0.338. The van der Waals surface area contributed by atoms with E-state index in [0.29, 0.717) is 24.3 Å². The van der Waals surface area contributed by atoms with Crippen LogP contribution in [0.25, 0.3) is 0 Å². The van der Waals surface area contributed by atoms with Crippen molar-refractivity contribution >= 4 is 39.0 Å². The Morgan fingerprint density at radius 1 is 1.15 bits per heavy atom. The lowest BCUT2D eigenvalue weighted by atomic mass is 10.1. The lowest BCUT2D eigenvalue weighted by Gasteiger charge is -2.22. The Hall–Kier alpha value is -3.51. The van der Waals surface area contributed by atoms with Crippen LogP contribution in [0.5, 0.6) is 0 Å². The minimum Gasteiger partial charge on any atom is -0.452 e. The molecular formula is C22H26N4O7S. The number of non-ortho nitro benzene ring substituents is 1. The number of hydrogen-bond acceptors (Lipinski definition) is 8. The molecule has 0 atom stereocenters. The number of amides is 1. The number of sulfonamides is 1. The first-order valence-corrected chi connectivity index (χ1v) is 12.0. The molecule has 0 bridgehead atoms. The molecule has 1 aliphatic rings. The van der Waals surface area contributed by atoms with Gasteiger partial charge in [0.15, 0.2) is 6.61 Å². The highest BCUT2D eigenvalue weighted by Crippen LogP contribution is 2.29. The van der Waals surface area contributed by atoms with Crippen LogP contribution in [0.2, 0.25) is 0 Å². The number of nitrogens with one attached hydrogen (secondary N) is 1. The summed E-state index contributed by atoms with van der Waals surface area (Å²) < 4.78 is 31.4. The van der Waals surface area contributed by atoms with E-state index in [-0.39, 0.29) is 21.8 Å². The smallest absolute Gasteiger partial charge is 0.340 e. The summed E-state index contributed by atoms with van der Waals surface area (Å²) in [7, 11) is -1.01. The first kappa shape index (κ1) is 25.1. The third-order valence-electron chi connectivity index (χ3n) is 5.45. The monoisotopic (exact) mass is 490 g/mol. The number of hydrogen-bond donors (Lipinski definition) is 1. The van der Waals surface area contributed by atoms with Gasteiger partial charge in [-0.15, -0.1) is 0 Å². The van der Waals surface area contributed by atoms with Gasteiger partial charge < -0.3 is 15.0 Å². The number of carbonyl (C=O) groups excluding carboxylic acids is 2. The fraction of sp³-hybridized carbons (Fsp3) is 0.364. The van der Waals surface area contributed by atoms with Crippen LogP contribution in [0.3, 0.4) is 0 Å². The molecular weight excluding hydrogens is 464 g/mol. The minimum absolute atomic E-state index is 0.0455. The Labute approximate surface area is 197 Å². The minimum atomic E-state index is -3.79. The summed E-state index contributed by atoms with van der Waals surface area (Å²) in [5.74, 6) is -1.53. The van der Waals surface area contributed by atoms with Crippen LogP contribution in [-0.4, -0.2) is 63.3 Å². The Morgan fingerprint density at radius 3 is 2.44 bits per heavy atom. The maximum atomic E-state index is 12.9. The Bertz CT molecular complexity index is 1220. The standard InChI is InChI=1S/C22H26N4O7S/c1-15-6-7-16(26(29)30)12-19(15)23-21(27)14-33-22(28)18-13-17(34(31,32)24(2)3)8-9-20(18)25-10-4-5-11-25/h6-9,12-13H,4-5,10-11,14H2,1-3H3,(H,23,27). The molecule has 0 unspecified atom stereocenters. The molecule has 0 saturated carbocycles. The second-order valence-corrected chi connectivity index (χ2v) is 10.2. The summed E-state index contributed by atoms with van der Waals surface area (Å²) in [5, 5.41) is 13.5. The maximum absolute atomic E-state index is 12.9. The number of rotatable bonds is 8. The molecule has 3 rings (SSSR count). The van der Waals surface area contributed by atoms with Gasteiger partial charge in [-0.3, -0.25) is 14.9 Å². The summed E-state index contributed by atoms with van der Waals surface area (Å²) in [4.78, 5) is 37.6. The average molecular weight is 491 g/mol. The van der Waals surface area contributed by atoms with Gasteiger partial charge in [0, 0.05) is 39.3 Å². The van der Waals surface area contributed by atoms with Crippen LogP contribution in [0.1, 0.15) is 28.8 Å². The predicted octanol–water partition coefficient (Wildman–Crippen LogP) is 2.55. The van der Waals surface area contributed by atoms with Gasteiger partial charge in [-0.1, -0.05) is 6.07 Å². The Balaban J connectivity index is 1.80. The van der Waals surface area contributed by atoms with E-state index in [1.807, 2.05) is 4.90 Å². The van der Waals surface area contributed by atoms with Gasteiger partial charge in [0.1, 0.15) is 0 Å². The van der Waals surface area contributed by atoms with Crippen LogP contribution in [0, 0.1) is 17.0 Å². The molecule has 12 heteroatoms. The van der Waals surface area contributed by atoms with Crippen molar-refractivity contribution in [3.8, 4) is 0 Å². The molecule has 1 saturated heterocycles. The van der Waals surface area contributed by atoms with Crippen LogP contribution in [0.4, 0.5) is 17.1 Å². The van der Waals surface area contributed by atoms with Gasteiger partial charge in [-0.05, 0) is 43.5 Å². The summed E-state index contributed by atoms with van der Waals surface area (Å²) in [5.41, 5.74) is 1.22. The van der Waals surface area contributed by atoms with Crippen molar-refractivity contribution < 1.29 is 27.7 Å². The molecule has 34 heavy (non-hydrogen) atoms. The van der Waals surface area contributed by atoms with Gasteiger partial charge in [0.05, 0.1) is 26.8 Å². The molecule has 1 fully saturated rings. The van der Waals surface area contributed by atoms with E-state index in [0.717, 1.165) is 17.1 Å². The van der Waals surface area contributed by atoms with Crippen LogP contribution in [0.15, 0.2) is 41.3 Å². The third-order valence-corrected chi connectivity index (χ3v) is 7.26. The molecule has 0 spiro atoms. The number of benzene rings is 2. The molecule has 11 nitrogen and oxygen atoms in total. The van der Waals surface area contributed by atoms with Crippen LogP contribution in [-0.2, 0) is 19.6 Å². The van der Waals surface area contributed by atoms with Crippen molar-refractivity contribution in [2.75, 3.05) is 44.0 Å². The van der Waals surface area contributed by atoms with Crippen LogP contribution >= 0.6 is 0 Å². The largest absolute Gasteiger partial charge is 0.452 e. The molecule has 0 aliphatic carbocycles. The third kappa shape index (κ3) is 5.51. The zero-order valence-corrected chi connectivity index (χ0v) is 19.9. The first-order chi connectivity index (χ1) is 16.0. The van der Waals surface area contributed by atoms with Crippen molar-refractivity contribution in [1.82, 2.24) is 4.31 Å². The molecule has 1 aliphatic heterocycles. The van der Waals surface area contributed by atoms with Crippen molar-refractivity contribution in [3.63, 3.8) is 0 Å². The summed E-state index contributed by atoms with van der Waals surface area (Å²) in [6.45, 7) is 2.45. The van der Waals surface area contributed by atoms with Gasteiger partial charge >= 0.3 is 5.97 Å². The number of anilines is 2. The van der Waals surface area contributed by atoms with E-state index in [4.69, 9.17) is 4.74 Å². The van der Waals surface area contributed by atoms with Crippen molar-refractivity contribution in [3.05, 3.63) is 57.6 Å². The van der Waals surface area contributed by atoms with E-state index in [9.17, 15) is 28.1 Å². The molecule has 182 valence electrons. The molecule has 1 amide bonds. The topological polar surface area (TPSA) is 139 Å². The van der Waals surface area contributed by atoms with E-state index in [1.54, 1.807) is 13.0 Å². The number of nitro groups is 1. The number of ether oxygens (including phenoxy) is 1. The highest BCUT2D eigenvalue weighted by molar-refractivity contribution is 7.89. The zero-order chi connectivity index (χ0) is 25.0. The SMILES string of the molecule is Cc1ccc([N+](=O)[O-])cc1NC(=O)COC(=O)c1cc(S(=O)(=O)N(C)C)ccc1N1CCCC1. The molecule has 2 aromatic carbocycles. The second kappa shape index (κ2) is 10.2. The summed E-state index contributed by atoms with van der Waals surface area (Å²) >= 11 is 0. The van der Waals surface area contributed by atoms with Crippen LogP contribution < -0.4 is 10.2 Å². The molecule has 0 radical (unpaired) electrons. The van der Waals surface area contributed by atoms with Crippen molar-refractivity contribution in [1.29, 1.82) is 0 Å². The first-order valence-electron chi connectivity index (χ1n) is 10.5. The van der Waals surface area contributed by atoms with Gasteiger partial charge in [-0.2, -0.15) is 0 Å². The van der Waals surface area contributed by atoms with E-state index in [2.05, 4.69) is 5.32 Å². The van der Waals surface area contributed by atoms with E-state index in [1.165, 1.54) is 44.4 Å². The Kier molecular flexibility index (Phi) is 7.52. The number of aryl methyl sites for hydroxylation is 1. The second-order valence-electron chi connectivity index (χ2n) is 8.04. The molecule has 1 heterocycles. The highest BCUT2D eigenvalue weighted by Gasteiger charge is 2.26. The lowest BCUT2D eigenvalue weighted by Crippen LogP contribution is -2.26. The summed E-state index contributed by atoms with van der Waals surface area (Å²) in [6, 6.07) is 8.31. The number of nitro benzene ring substituents is 1. The summed E-state index contributed by atoms with van der Waals surface area (Å²) in [6.07, 6.45) is 1.88.